The minimum absolute atomic E-state index is 0.0395. The SMILES string of the molecule is COc1cc(-c2cnc3cc(O[C@@H](C)C(C)(C)O)c(C)nn23)cc(OC(F)F)c1C(=O)N[C@@H]1C[C@@H]1F. The van der Waals surface area contributed by atoms with Crippen LogP contribution in [0.3, 0.4) is 0 Å². The number of ether oxygens (including phenoxy) is 3. The van der Waals surface area contributed by atoms with E-state index in [9.17, 15) is 23.1 Å². The molecule has 1 aliphatic carbocycles. The third-order valence-electron chi connectivity index (χ3n) is 5.98. The first kappa shape index (κ1) is 25.5. The number of aliphatic hydroxyl groups is 1. The number of hydrogen-bond donors (Lipinski definition) is 2. The number of methoxy groups -OCH3 is 1. The van der Waals surface area contributed by atoms with Crippen molar-refractivity contribution in [3.63, 3.8) is 0 Å². The summed E-state index contributed by atoms with van der Waals surface area (Å²) in [5.74, 6) is -0.832. The molecule has 0 radical (unpaired) electrons. The van der Waals surface area contributed by atoms with Crippen molar-refractivity contribution < 1.29 is 37.3 Å². The molecule has 1 aliphatic rings. The molecule has 36 heavy (non-hydrogen) atoms. The van der Waals surface area contributed by atoms with Crippen LogP contribution in [0, 0.1) is 6.92 Å². The number of imidazole rings is 1. The van der Waals surface area contributed by atoms with E-state index in [1.165, 1.54) is 30.0 Å². The van der Waals surface area contributed by atoms with E-state index in [0.717, 1.165) is 0 Å². The number of fused-ring (bicyclic) bond motifs is 1. The Hall–Kier alpha value is -3.54. The van der Waals surface area contributed by atoms with Crippen LogP contribution in [0.15, 0.2) is 24.4 Å². The maximum atomic E-state index is 13.3. The quantitative estimate of drug-likeness (QED) is 0.454. The van der Waals surface area contributed by atoms with Gasteiger partial charge in [-0.25, -0.2) is 13.9 Å². The second-order valence-electron chi connectivity index (χ2n) is 9.18. The minimum Gasteiger partial charge on any atom is -0.496 e. The molecule has 0 bridgehead atoms. The standard InChI is InChI=1S/C24H27F3N4O5/c1-11-17(35-12(2)24(3,4)33)9-20-28-10-16(31(20)30-11)13-6-18(34-5)21(19(7-13)36-23(26)27)22(32)29-15-8-14(15)25/h6-7,9-10,12,14-15,23,33H,8H2,1-5H3,(H,29,32)/t12-,14-,15+/m0/s1. The molecule has 0 saturated heterocycles. The molecule has 3 atom stereocenters. The van der Waals surface area contributed by atoms with Gasteiger partial charge in [-0.1, -0.05) is 0 Å². The Morgan fingerprint density at radius 2 is 1.89 bits per heavy atom. The van der Waals surface area contributed by atoms with Gasteiger partial charge in [-0.05, 0) is 39.8 Å². The fourth-order valence-electron chi connectivity index (χ4n) is 3.50. The van der Waals surface area contributed by atoms with E-state index in [4.69, 9.17) is 9.47 Å². The zero-order valence-corrected chi connectivity index (χ0v) is 20.4. The van der Waals surface area contributed by atoms with E-state index >= 15 is 0 Å². The first-order valence-corrected chi connectivity index (χ1v) is 11.3. The molecule has 194 valence electrons. The van der Waals surface area contributed by atoms with Gasteiger partial charge in [0.15, 0.2) is 5.65 Å². The molecule has 1 amide bonds. The highest BCUT2D eigenvalue weighted by atomic mass is 19.3. The van der Waals surface area contributed by atoms with Gasteiger partial charge in [0.25, 0.3) is 5.91 Å². The van der Waals surface area contributed by atoms with Crippen LogP contribution in [0.5, 0.6) is 17.2 Å². The van der Waals surface area contributed by atoms with Crippen molar-refractivity contribution in [3.05, 3.63) is 35.7 Å². The van der Waals surface area contributed by atoms with Crippen LogP contribution in [0.4, 0.5) is 13.2 Å². The predicted molar refractivity (Wildman–Crippen MR) is 123 cm³/mol. The lowest BCUT2D eigenvalue weighted by Gasteiger charge is -2.27. The highest BCUT2D eigenvalue weighted by molar-refractivity contribution is 6.01. The molecule has 9 nitrogen and oxygen atoms in total. The molecule has 1 saturated carbocycles. The molecule has 0 unspecified atom stereocenters. The van der Waals surface area contributed by atoms with Gasteiger partial charge in [-0.15, -0.1) is 0 Å². The fraction of sp³-hybridized carbons (Fsp3) is 0.458. The summed E-state index contributed by atoms with van der Waals surface area (Å²) >= 11 is 0. The second kappa shape index (κ2) is 9.49. The van der Waals surface area contributed by atoms with E-state index in [-0.39, 0.29) is 17.7 Å². The summed E-state index contributed by atoms with van der Waals surface area (Å²) in [5.41, 5.74) is 0.283. The maximum Gasteiger partial charge on any atom is 0.387 e. The van der Waals surface area contributed by atoms with E-state index in [0.29, 0.717) is 28.3 Å². The highest BCUT2D eigenvalue weighted by Crippen LogP contribution is 2.37. The Labute approximate surface area is 205 Å². The van der Waals surface area contributed by atoms with Gasteiger partial charge in [0, 0.05) is 18.1 Å². The Morgan fingerprint density at radius 3 is 2.47 bits per heavy atom. The smallest absolute Gasteiger partial charge is 0.387 e. The number of nitrogens with zero attached hydrogens (tertiary/aromatic N) is 3. The zero-order chi connectivity index (χ0) is 26.4. The molecule has 2 heterocycles. The summed E-state index contributed by atoms with van der Waals surface area (Å²) in [5, 5.41) is 17.1. The van der Waals surface area contributed by atoms with E-state index in [2.05, 4.69) is 20.1 Å². The third-order valence-corrected chi connectivity index (χ3v) is 5.98. The number of halogens is 3. The molecule has 0 spiro atoms. The van der Waals surface area contributed by atoms with Crippen LogP contribution in [0.25, 0.3) is 16.9 Å². The van der Waals surface area contributed by atoms with Crippen LogP contribution < -0.4 is 19.5 Å². The number of amides is 1. The summed E-state index contributed by atoms with van der Waals surface area (Å²) in [6.45, 7) is 3.48. The van der Waals surface area contributed by atoms with Crippen molar-refractivity contribution in [2.45, 2.75) is 64.6 Å². The number of aromatic nitrogens is 3. The summed E-state index contributed by atoms with van der Waals surface area (Å²) in [4.78, 5) is 17.1. The molecule has 0 aliphatic heterocycles. The Morgan fingerprint density at radius 1 is 1.22 bits per heavy atom. The highest BCUT2D eigenvalue weighted by Gasteiger charge is 2.40. The van der Waals surface area contributed by atoms with E-state index < -0.39 is 42.2 Å². The van der Waals surface area contributed by atoms with Crippen LogP contribution in [0.1, 0.15) is 43.2 Å². The van der Waals surface area contributed by atoms with Crippen LogP contribution in [-0.2, 0) is 0 Å². The molecule has 12 heteroatoms. The topological polar surface area (TPSA) is 107 Å². The van der Waals surface area contributed by atoms with Crippen molar-refractivity contribution in [2.24, 2.45) is 0 Å². The number of nitrogens with one attached hydrogen (secondary N) is 1. The fourth-order valence-corrected chi connectivity index (χ4v) is 3.50. The number of carbonyl (C=O) groups is 1. The number of aryl methyl sites for hydroxylation is 1. The molecular weight excluding hydrogens is 481 g/mol. The lowest BCUT2D eigenvalue weighted by Crippen LogP contribution is -2.38. The van der Waals surface area contributed by atoms with Gasteiger partial charge < -0.3 is 24.6 Å². The van der Waals surface area contributed by atoms with Gasteiger partial charge in [-0.2, -0.15) is 13.9 Å². The predicted octanol–water partition coefficient (Wildman–Crippen LogP) is 3.69. The van der Waals surface area contributed by atoms with Crippen molar-refractivity contribution in [3.8, 4) is 28.5 Å². The van der Waals surface area contributed by atoms with Crippen molar-refractivity contribution >= 4 is 11.6 Å². The molecule has 2 N–H and O–H groups in total. The monoisotopic (exact) mass is 508 g/mol. The molecule has 4 rings (SSSR count). The molecular formula is C24H27F3N4O5. The Balaban J connectivity index is 1.76. The molecule has 1 aromatic carbocycles. The van der Waals surface area contributed by atoms with Crippen LogP contribution in [-0.4, -0.2) is 63.3 Å². The zero-order valence-electron chi connectivity index (χ0n) is 20.4. The first-order chi connectivity index (χ1) is 16.9. The number of carbonyl (C=O) groups excluding carboxylic acids is 1. The number of benzene rings is 1. The van der Waals surface area contributed by atoms with E-state index in [1.54, 1.807) is 33.8 Å². The van der Waals surface area contributed by atoms with Crippen molar-refractivity contribution in [1.82, 2.24) is 19.9 Å². The van der Waals surface area contributed by atoms with Gasteiger partial charge in [0.2, 0.25) is 0 Å². The number of hydrogen-bond acceptors (Lipinski definition) is 7. The largest absolute Gasteiger partial charge is 0.496 e. The maximum absolute atomic E-state index is 13.3. The lowest BCUT2D eigenvalue weighted by atomic mass is 10.0. The molecule has 2 aromatic heterocycles. The van der Waals surface area contributed by atoms with Crippen LogP contribution >= 0.6 is 0 Å². The number of alkyl halides is 3. The Kier molecular flexibility index (Phi) is 6.74. The van der Waals surface area contributed by atoms with Crippen LogP contribution in [0.2, 0.25) is 0 Å². The minimum atomic E-state index is -3.22. The average molecular weight is 508 g/mol. The van der Waals surface area contributed by atoms with Gasteiger partial charge in [0.1, 0.15) is 40.8 Å². The normalized spacial score (nSPS) is 18.3. The summed E-state index contributed by atoms with van der Waals surface area (Å²) < 4.78 is 57.1. The average Bonchev–Trinajstić information content (AvgIpc) is 3.32. The first-order valence-electron chi connectivity index (χ1n) is 11.3. The van der Waals surface area contributed by atoms with Gasteiger partial charge in [-0.3, -0.25) is 4.79 Å². The third kappa shape index (κ3) is 5.18. The van der Waals surface area contributed by atoms with Gasteiger partial charge >= 0.3 is 6.61 Å². The van der Waals surface area contributed by atoms with Crippen molar-refractivity contribution in [1.29, 1.82) is 0 Å². The summed E-state index contributed by atoms with van der Waals surface area (Å²) in [6, 6.07) is 3.69. The number of rotatable bonds is 9. The van der Waals surface area contributed by atoms with Crippen molar-refractivity contribution in [2.75, 3.05) is 7.11 Å². The molecule has 3 aromatic rings. The van der Waals surface area contributed by atoms with Gasteiger partial charge in [0.05, 0.1) is 30.6 Å². The Bertz CT molecular complexity index is 1290. The summed E-state index contributed by atoms with van der Waals surface area (Å²) in [6.07, 6.45) is -0.0740. The summed E-state index contributed by atoms with van der Waals surface area (Å²) in [7, 11) is 1.28. The second-order valence-corrected chi connectivity index (χ2v) is 9.18. The van der Waals surface area contributed by atoms with E-state index in [1.807, 2.05) is 0 Å². The molecule has 1 fully saturated rings. The lowest BCUT2D eigenvalue weighted by molar-refractivity contribution is -0.0502.